The largest absolute Gasteiger partial charge is 0.409 e. The molecule has 134 valence electrons. The minimum Gasteiger partial charge on any atom is -0.287 e. The van der Waals surface area contributed by atoms with Crippen molar-refractivity contribution in [1.82, 2.24) is 10.4 Å². The number of aryl methyl sites for hydroxylation is 1. The van der Waals surface area contributed by atoms with E-state index in [0.29, 0.717) is 0 Å². The van der Waals surface area contributed by atoms with Crippen molar-refractivity contribution in [1.29, 1.82) is 0 Å². The minimum absolute atomic E-state index is 0.0349. The van der Waals surface area contributed by atoms with Crippen LogP contribution >= 0.6 is 0 Å². The van der Waals surface area contributed by atoms with E-state index < -0.39 is 23.7 Å². The minimum atomic E-state index is -4.51. The lowest BCUT2D eigenvalue weighted by molar-refractivity contribution is -0.203. The molecular formula is C19H21F3N2O. The molecule has 1 aliphatic heterocycles. The first-order valence-electron chi connectivity index (χ1n) is 8.30. The summed E-state index contributed by atoms with van der Waals surface area (Å²) in [6.07, 6.45) is -3.66. The molecule has 1 fully saturated rings. The van der Waals surface area contributed by atoms with Gasteiger partial charge in [-0.1, -0.05) is 37.3 Å². The molecule has 0 radical (unpaired) electrons. The van der Waals surface area contributed by atoms with Crippen LogP contribution < -0.4 is 5.43 Å². The quantitative estimate of drug-likeness (QED) is 0.883. The van der Waals surface area contributed by atoms with E-state index in [-0.39, 0.29) is 12.0 Å². The lowest BCUT2D eigenvalue weighted by Gasteiger charge is -2.38. The number of fused-ring (bicyclic) bond motifs is 1. The van der Waals surface area contributed by atoms with E-state index in [0.717, 1.165) is 27.8 Å². The van der Waals surface area contributed by atoms with Gasteiger partial charge in [0.1, 0.15) is 0 Å². The van der Waals surface area contributed by atoms with E-state index in [1.807, 2.05) is 25.1 Å². The van der Waals surface area contributed by atoms with Gasteiger partial charge >= 0.3 is 6.18 Å². The van der Waals surface area contributed by atoms with E-state index in [4.69, 9.17) is 0 Å². The van der Waals surface area contributed by atoms with Crippen LogP contribution in [0.1, 0.15) is 44.4 Å². The van der Waals surface area contributed by atoms with Gasteiger partial charge in [0.25, 0.3) is 0 Å². The predicted octanol–water partition coefficient (Wildman–Crippen LogP) is 4.52. The molecule has 1 unspecified atom stereocenters. The van der Waals surface area contributed by atoms with Gasteiger partial charge < -0.3 is 0 Å². The molecule has 0 aromatic heterocycles. The third-order valence-electron chi connectivity index (χ3n) is 4.71. The second-order valence-corrected chi connectivity index (χ2v) is 7.13. The molecule has 0 bridgehead atoms. The Morgan fingerprint density at radius 2 is 1.84 bits per heavy atom. The van der Waals surface area contributed by atoms with Crippen LogP contribution in [0.25, 0.3) is 10.8 Å². The average Bonchev–Trinajstić information content (AvgIpc) is 2.77. The summed E-state index contributed by atoms with van der Waals surface area (Å²) in [5.74, 6) is -0.395. The van der Waals surface area contributed by atoms with Crippen molar-refractivity contribution in [2.45, 2.75) is 51.4 Å². The Kier molecular flexibility index (Phi) is 4.27. The predicted molar refractivity (Wildman–Crippen MR) is 90.8 cm³/mol. The second kappa shape index (κ2) is 6.02. The lowest BCUT2D eigenvalue weighted by atomic mass is 9.95. The number of nitrogens with one attached hydrogen (secondary N) is 1. The third kappa shape index (κ3) is 3.35. The van der Waals surface area contributed by atoms with Crippen LogP contribution in [-0.2, 0) is 11.2 Å². The lowest BCUT2D eigenvalue weighted by Crippen LogP contribution is -2.51. The molecule has 3 nitrogen and oxygen atoms in total. The highest BCUT2D eigenvalue weighted by atomic mass is 19.4. The van der Waals surface area contributed by atoms with E-state index in [1.54, 1.807) is 26.0 Å². The van der Waals surface area contributed by atoms with E-state index >= 15 is 0 Å². The number of carbonyl (C=O) groups excluding carboxylic acids is 1. The fraction of sp³-hybridized carbons (Fsp3) is 0.421. The summed E-state index contributed by atoms with van der Waals surface area (Å²) in [5, 5.41) is 2.71. The van der Waals surface area contributed by atoms with Gasteiger partial charge in [0, 0.05) is 12.0 Å². The number of rotatable bonds is 3. The Morgan fingerprint density at radius 3 is 2.40 bits per heavy atom. The summed E-state index contributed by atoms with van der Waals surface area (Å²) < 4.78 is 41.6. The van der Waals surface area contributed by atoms with Gasteiger partial charge in [-0.25, -0.2) is 0 Å². The Labute approximate surface area is 144 Å². The molecule has 1 saturated heterocycles. The molecule has 1 aliphatic rings. The third-order valence-corrected chi connectivity index (χ3v) is 4.71. The van der Waals surface area contributed by atoms with E-state index in [1.165, 1.54) is 6.07 Å². The number of hydrogen-bond donors (Lipinski definition) is 1. The van der Waals surface area contributed by atoms with Crippen molar-refractivity contribution >= 4 is 16.7 Å². The monoisotopic (exact) mass is 350 g/mol. The maximum atomic E-state index is 13.9. The van der Waals surface area contributed by atoms with Gasteiger partial charge in [-0.3, -0.25) is 10.2 Å². The molecule has 0 saturated carbocycles. The zero-order chi connectivity index (χ0) is 18.4. The highest BCUT2D eigenvalue weighted by Crippen LogP contribution is 2.43. The van der Waals surface area contributed by atoms with Crippen molar-refractivity contribution in [2.24, 2.45) is 0 Å². The average molecular weight is 350 g/mol. The highest BCUT2D eigenvalue weighted by molar-refractivity contribution is 5.84. The van der Waals surface area contributed by atoms with Crippen LogP contribution in [-0.4, -0.2) is 22.6 Å². The zero-order valence-electron chi connectivity index (χ0n) is 14.4. The number of halogens is 3. The topological polar surface area (TPSA) is 32.3 Å². The van der Waals surface area contributed by atoms with Crippen molar-refractivity contribution in [3.05, 3.63) is 47.5 Å². The summed E-state index contributed by atoms with van der Waals surface area (Å²) >= 11 is 0. The fourth-order valence-electron chi connectivity index (χ4n) is 3.41. The number of hydrogen-bond acceptors (Lipinski definition) is 2. The SMILES string of the molecule is CCc1ccc2ccc(C(N3NC(=O)CC3(C)C)C(F)(F)F)cc2c1. The Balaban J connectivity index is 2.11. The maximum Gasteiger partial charge on any atom is 0.409 e. The highest BCUT2D eigenvalue weighted by Gasteiger charge is 2.52. The first-order valence-corrected chi connectivity index (χ1v) is 8.30. The summed E-state index contributed by atoms with van der Waals surface area (Å²) in [7, 11) is 0. The van der Waals surface area contributed by atoms with Crippen LogP contribution in [0.4, 0.5) is 13.2 Å². The summed E-state index contributed by atoms with van der Waals surface area (Å²) in [6.45, 7) is 5.28. The summed E-state index contributed by atoms with van der Waals surface area (Å²) in [6, 6.07) is 8.70. The maximum absolute atomic E-state index is 13.9. The van der Waals surface area contributed by atoms with Gasteiger partial charge in [-0.05, 0) is 48.2 Å². The van der Waals surface area contributed by atoms with E-state index in [9.17, 15) is 18.0 Å². The molecule has 3 rings (SSSR count). The van der Waals surface area contributed by atoms with Gasteiger partial charge in [0.15, 0.2) is 6.04 Å². The molecule has 0 spiro atoms. The number of alkyl halides is 3. The fourth-order valence-corrected chi connectivity index (χ4v) is 3.41. The number of amides is 1. The molecular weight excluding hydrogens is 329 g/mol. The number of nitrogens with zero attached hydrogens (tertiary/aromatic N) is 1. The number of carbonyl (C=O) groups is 1. The van der Waals surface area contributed by atoms with E-state index in [2.05, 4.69) is 5.43 Å². The van der Waals surface area contributed by atoms with Crippen molar-refractivity contribution in [2.75, 3.05) is 0 Å². The van der Waals surface area contributed by atoms with Gasteiger partial charge in [0.05, 0.1) is 0 Å². The van der Waals surface area contributed by atoms with Crippen molar-refractivity contribution in [3.63, 3.8) is 0 Å². The smallest absolute Gasteiger partial charge is 0.287 e. The van der Waals surface area contributed by atoms with Gasteiger partial charge in [-0.2, -0.15) is 18.2 Å². The van der Waals surface area contributed by atoms with Gasteiger partial charge in [0.2, 0.25) is 5.91 Å². The first-order chi connectivity index (χ1) is 11.6. The molecule has 0 aliphatic carbocycles. The van der Waals surface area contributed by atoms with Crippen LogP contribution in [0.2, 0.25) is 0 Å². The summed E-state index contributed by atoms with van der Waals surface area (Å²) in [4.78, 5) is 11.7. The molecule has 2 aromatic carbocycles. The van der Waals surface area contributed by atoms with Crippen LogP contribution in [0, 0.1) is 0 Å². The number of hydrazine groups is 1. The molecule has 1 atom stereocenters. The molecule has 6 heteroatoms. The Morgan fingerprint density at radius 1 is 1.16 bits per heavy atom. The van der Waals surface area contributed by atoms with Crippen molar-refractivity contribution < 1.29 is 18.0 Å². The second-order valence-electron chi connectivity index (χ2n) is 7.13. The molecule has 2 aromatic rings. The summed E-state index contributed by atoms with van der Waals surface area (Å²) in [5.41, 5.74) is 2.68. The zero-order valence-corrected chi connectivity index (χ0v) is 14.4. The molecule has 1 N–H and O–H groups in total. The van der Waals surface area contributed by atoms with Crippen LogP contribution in [0.3, 0.4) is 0 Å². The van der Waals surface area contributed by atoms with Crippen LogP contribution in [0.5, 0.6) is 0 Å². The molecule has 1 heterocycles. The molecule has 25 heavy (non-hydrogen) atoms. The standard InChI is InChI=1S/C19H21F3N2O/c1-4-12-5-6-13-7-8-14(10-15(13)9-12)17(19(20,21)22)24-18(2,3)11-16(25)23-24/h5-10,17H,4,11H2,1-3H3,(H,23,25). The number of benzene rings is 2. The first kappa shape index (κ1) is 17.7. The van der Waals surface area contributed by atoms with Crippen LogP contribution in [0.15, 0.2) is 36.4 Å². The van der Waals surface area contributed by atoms with Gasteiger partial charge in [-0.15, -0.1) is 0 Å². The Hall–Kier alpha value is -2.08. The molecule has 1 amide bonds. The normalized spacial score (nSPS) is 19.2. The Bertz CT molecular complexity index is 814. The van der Waals surface area contributed by atoms with Crippen molar-refractivity contribution in [3.8, 4) is 0 Å².